The highest BCUT2D eigenvalue weighted by Gasteiger charge is 2.29. The molecule has 0 aromatic heterocycles. The van der Waals surface area contributed by atoms with E-state index in [1.54, 1.807) is 4.90 Å². The molecule has 0 aromatic carbocycles. The number of nitrogens with zero attached hydrogens (tertiary/aromatic N) is 2. The molecular weight excluding hydrogens is 230 g/mol. The quantitative estimate of drug-likeness (QED) is 0.682. The van der Waals surface area contributed by atoms with Gasteiger partial charge >= 0.3 is 0 Å². The third-order valence-electron chi connectivity index (χ3n) is 3.05. The molecule has 5 nitrogen and oxygen atoms in total. The molecule has 1 heterocycles. The Balaban J connectivity index is 2.37. The van der Waals surface area contributed by atoms with Crippen LogP contribution in [0.15, 0.2) is 0 Å². The zero-order valence-corrected chi connectivity index (χ0v) is 12.1. The van der Waals surface area contributed by atoms with E-state index < -0.39 is 0 Å². The summed E-state index contributed by atoms with van der Waals surface area (Å²) in [4.78, 5) is 15.9. The van der Waals surface area contributed by atoms with E-state index in [9.17, 15) is 4.79 Å². The Hall–Kier alpha value is -0.650. The number of amides is 1. The summed E-state index contributed by atoms with van der Waals surface area (Å²) in [6.45, 7) is 9.21. The minimum atomic E-state index is -0.0450. The van der Waals surface area contributed by atoms with Crippen LogP contribution in [0.1, 0.15) is 13.8 Å². The number of piperazine rings is 1. The second-order valence-electron chi connectivity index (χ2n) is 5.46. The number of carbonyl (C=O) groups excluding carboxylic acids is 1. The summed E-state index contributed by atoms with van der Waals surface area (Å²) in [5.74, 6) is 0.735. The zero-order chi connectivity index (χ0) is 13.5. The first-order valence-corrected chi connectivity index (χ1v) is 6.76. The van der Waals surface area contributed by atoms with Crippen molar-refractivity contribution in [1.29, 1.82) is 0 Å². The van der Waals surface area contributed by atoms with Crippen LogP contribution in [-0.4, -0.2) is 75.2 Å². The van der Waals surface area contributed by atoms with Gasteiger partial charge in [-0.3, -0.25) is 9.69 Å². The van der Waals surface area contributed by atoms with E-state index in [4.69, 9.17) is 4.74 Å². The van der Waals surface area contributed by atoms with E-state index in [2.05, 4.69) is 24.1 Å². The lowest BCUT2D eigenvalue weighted by Gasteiger charge is -2.36. The molecule has 1 aliphatic heterocycles. The summed E-state index contributed by atoms with van der Waals surface area (Å²) < 4.78 is 5.60. The van der Waals surface area contributed by atoms with Gasteiger partial charge < -0.3 is 15.0 Å². The summed E-state index contributed by atoms with van der Waals surface area (Å²) in [5, 5.41) is 3.28. The molecule has 18 heavy (non-hydrogen) atoms. The van der Waals surface area contributed by atoms with Gasteiger partial charge in [-0.15, -0.1) is 0 Å². The van der Waals surface area contributed by atoms with Gasteiger partial charge in [0.2, 0.25) is 5.91 Å². The number of ether oxygens (including phenoxy) is 1. The van der Waals surface area contributed by atoms with E-state index in [1.165, 1.54) is 0 Å². The molecule has 1 aliphatic rings. The third-order valence-corrected chi connectivity index (χ3v) is 3.05. The van der Waals surface area contributed by atoms with Crippen LogP contribution >= 0.6 is 0 Å². The molecule has 5 heteroatoms. The fraction of sp³-hybridized carbons (Fsp3) is 0.923. The summed E-state index contributed by atoms with van der Waals surface area (Å²) in [7, 11) is 3.62. The molecule has 1 unspecified atom stereocenters. The van der Waals surface area contributed by atoms with Gasteiger partial charge in [0.15, 0.2) is 0 Å². The number of carbonyl (C=O) groups is 1. The average molecular weight is 257 g/mol. The second kappa shape index (κ2) is 7.71. The van der Waals surface area contributed by atoms with Crippen LogP contribution in [0, 0.1) is 5.92 Å². The number of hydrogen-bond acceptors (Lipinski definition) is 4. The zero-order valence-electron chi connectivity index (χ0n) is 12.1. The first-order chi connectivity index (χ1) is 8.52. The van der Waals surface area contributed by atoms with Crippen molar-refractivity contribution in [1.82, 2.24) is 15.1 Å². The van der Waals surface area contributed by atoms with Crippen molar-refractivity contribution in [3.63, 3.8) is 0 Å². The summed E-state index contributed by atoms with van der Waals surface area (Å²) in [6, 6.07) is -0.0450. The minimum Gasteiger partial charge on any atom is -0.380 e. The first-order valence-electron chi connectivity index (χ1n) is 6.76. The van der Waals surface area contributed by atoms with Gasteiger partial charge in [-0.2, -0.15) is 0 Å². The lowest BCUT2D eigenvalue weighted by molar-refractivity contribution is -0.135. The fourth-order valence-corrected chi connectivity index (χ4v) is 2.06. The Kier molecular flexibility index (Phi) is 6.60. The lowest BCUT2D eigenvalue weighted by Crippen LogP contribution is -2.58. The van der Waals surface area contributed by atoms with Crippen molar-refractivity contribution in [3.8, 4) is 0 Å². The predicted molar refractivity (Wildman–Crippen MR) is 72.6 cm³/mol. The smallest absolute Gasteiger partial charge is 0.240 e. The van der Waals surface area contributed by atoms with Crippen molar-refractivity contribution >= 4 is 5.91 Å². The van der Waals surface area contributed by atoms with Gasteiger partial charge in [0.05, 0.1) is 6.61 Å². The molecule has 0 radical (unpaired) electrons. The van der Waals surface area contributed by atoms with E-state index >= 15 is 0 Å². The normalized spacial score (nSPS) is 21.3. The van der Waals surface area contributed by atoms with Crippen molar-refractivity contribution in [2.75, 3.05) is 53.5 Å². The maximum atomic E-state index is 12.1. The molecule has 1 rings (SSSR count). The molecule has 1 amide bonds. The molecule has 1 fully saturated rings. The minimum absolute atomic E-state index is 0.0450. The SMILES string of the molecule is CC(C)COCCN1CCNCC1C(=O)N(C)C. The highest BCUT2D eigenvalue weighted by atomic mass is 16.5. The van der Waals surface area contributed by atoms with E-state index in [1.807, 2.05) is 14.1 Å². The van der Waals surface area contributed by atoms with Gasteiger partial charge in [-0.25, -0.2) is 0 Å². The largest absolute Gasteiger partial charge is 0.380 e. The average Bonchev–Trinajstić information content (AvgIpc) is 2.34. The number of rotatable bonds is 6. The highest BCUT2D eigenvalue weighted by molar-refractivity contribution is 5.81. The molecule has 0 spiro atoms. The highest BCUT2D eigenvalue weighted by Crippen LogP contribution is 2.06. The first kappa shape index (κ1) is 15.4. The van der Waals surface area contributed by atoms with Gasteiger partial charge in [-0.1, -0.05) is 13.8 Å². The van der Waals surface area contributed by atoms with Crippen molar-refractivity contribution in [2.24, 2.45) is 5.92 Å². The fourth-order valence-electron chi connectivity index (χ4n) is 2.06. The van der Waals surface area contributed by atoms with Crippen molar-refractivity contribution < 1.29 is 9.53 Å². The Labute approximate surface area is 110 Å². The second-order valence-corrected chi connectivity index (χ2v) is 5.46. The molecule has 106 valence electrons. The Morgan fingerprint density at radius 1 is 1.50 bits per heavy atom. The molecule has 0 aromatic rings. The maximum Gasteiger partial charge on any atom is 0.240 e. The van der Waals surface area contributed by atoms with E-state index in [-0.39, 0.29) is 11.9 Å². The number of likely N-dealkylation sites (N-methyl/N-ethyl adjacent to an activating group) is 1. The van der Waals surface area contributed by atoms with Crippen molar-refractivity contribution in [2.45, 2.75) is 19.9 Å². The molecule has 1 N–H and O–H groups in total. The number of hydrogen-bond donors (Lipinski definition) is 1. The Morgan fingerprint density at radius 3 is 2.83 bits per heavy atom. The van der Waals surface area contributed by atoms with E-state index in [0.29, 0.717) is 12.5 Å². The van der Waals surface area contributed by atoms with Crippen LogP contribution < -0.4 is 5.32 Å². The van der Waals surface area contributed by atoms with Gasteiger partial charge in [-0.05, 0) is 5.92 Å². The topological polar surface area (TPSA) is 44.8 Å². The van der Waals surface area contributed by atoms with Gasteiger partial charge in [0, 0.05) is 46.9 Å². The molecule has 1 saturated heterocycles. The Morgan fingerprint density at radius 2 is 2.22 bits per heavy atom. The molecular formula is C13H27N3O2. The molecule has 0 bridgehead atoms. The maximum absolute atomic E-state index is 12.1. The van der Waals surface area contributed by atoms with Crippen LogP contribution in [0.2, 0.25) is 0 Å². The van der Waals surface area contributed by atoms with Gasteiger partial charge in [0.25, 0.3) is 0 Å². The van der Waals surface area contributed by atoms with Crippen LogP contribution in [0.25, 0.3) is 0 Å². The summed E-state index contributed by atoms with van der Waals surface area (Å²) >= 11 is 0. The van der Waals surface area contributed by atoms with E-state index in [0.717, 1.165) is 32.8 Å². The lowest BCUT2D eigenvalue weighted by atomic mass is 10.1. The monoisotopic (exact) mass is 257 g/mol. The summed E-state index contributed by atoms with van der Waals surface area (Å²) in [6.07, 6.45) is 0. The standard InChI is InChI=1S/C13H27N3O2/c1-11(2)10-18-8-7-16-6-5-14-9-12(16)13(17)15(3)4/h11-12,14H,5-10H2,1-4H3. The molecule has 0 saturated carbocycles. The van der Waals surface area contributed by atoms with Gasteiger partial charge in [0.1, 0.15) is 6.04 Å². The molecule has 1 atom stereocenters. The predicted octanol–water partition coefficient (Wildman–Crippen LogP) is 0.0210. The third kappa shape index (κ3) is 4.92. The van der Waals surface area contributed by atoms with Crippen LogP contribution in [0.4, 0.5) is 0 Å². The summed E-state index contributed by atoms with van der Waals surface area (Å²) in [5.41, 5.74) is 0. The Bertz CT molecular complexity index is 257. The molecule has 0 aliphatic carbocycles. The van der Waals surface area contributed by atoms with Crippen LogP contribution in [0.3, 0.4) is 0 Å². The van der Waals surface area contributed by atoms with Crippen molar-refractivity contribution in [3.05, 3.63) is 0 Å². The van der Waals surface area contributed by atoms with Crippen LogP contribution in [0.5, 0.6) is 0 Å². The van der Waals surface area contributed by atoms with Crippen LogP contribution in [-0.2, 0) is 9.53 Å². The number of nitrogens with one attached hydrogen (secondary N) is 1.